The van der Waals surface area contributed by atoms with Gasteiger partial charge >= 0.3 is 0 Å². The average Bonchev–Trinajstić information content (AvgIpc) is 3.04. The molecule has 0 aromatic heterocycles. The first-order valence-corrected chi connectivity index (χ1v) is 8.01. The highest BCUT2D eigenvalue weighted by Gasteiger charge is 2.38. The summed E-state index contributed by atoms with van der Waals surface area (Å²) >= 11 is 6.04. The number of nitrogens with one attached hydrogen (secondary N) is 1. The van der Waals surface area contributed by atoms with Crippen molar-refractivity contribution in [2.45, 2.75) is 18.4 Å². The molecule has 0 spiro atoms. The van der Waals surface area contributed by atoms with Crippen molar-refractivity contribution in [3.63, 3.8) is 0 Å². The number of benzene rings is 2. The van der Waals surface area contributed by atoms with Crippen LogP contribution >= 0.6 is 11.6 Å². The van der Waals surface area contributed by atoms with E-state index in [2.05, 4.69) is 41.7 Å². The third-order valence-electron chi connectivity index (χ3n) is 4.81. The average molecular weight is 312 g/mol. The Hall–Kier alpha value is -1.93. The summed E-state index contributed by atoms with van der Waals surface area (Å²) in [6.07, 6.45) is 5.74. The Morgan fingerprint density at radius 3 is 2.73 bits per heavy atom. The summed E-state index contributed by atoms with van der Waals surface area (Å²) in [5, 5.41) is 4.49. The van der Waals surface area contributed by atoms with Crippen molar-refractivity contribution >= 4 is 17.3 Å². The molecule has 22 heavy (non-hydrogen) atoms. The van der Waals surface area contributed by atoms with Gasteiger partial charge in [-0.15, -0.1) is 0 Å². The molecule has 1 N–H and O–H groups in total. The monoisotopic (exact) mass is 311 g/mol. The van der Waals surface area contributed by atoms with E-state index in [0.29, 0.717) is 11.8 Å². The van der Waals surface area contributed by atoms with Crippen molar-refractivity contribution in [2.75, 3.05) is 12.4 Å². The zero-order chi connectivity index (χ0) is 15.1. The van der Waals surface area contributed by atoms with Crippen molar-refractivity contribution in [3.05, 3.63) is 70.8 Å². The van der Waals surface area contributed by atoms with Crippen LogP contribution < -0.4 is 10.1 Å². The molecule has 4 rings (SSSR count). The Kier molecular flexibility index (Phi) is 3.34. The molecule has 3 heteroatoms. The van der Waals surface area contributed by atoms with Crippen LogP contribution in [0.5, 0.6) is 5.75 Å². The maximum Gasteiger partial charge on any atom is 0.142 e. The van der Waals surface area contributed by atoms with Crippen molar-refractivity contribution in [3.8, 4) is 5.75 Å². The standard InChI is InChI=1S/C19H18ClNO/c1-22-17-7-3-6-16-14-4-2-5-15(14)18(21-19(16)17)12-8-10-13(20)11-9-12/h2-4,6-11,14-15,18,21H,5H2,1H3/t14-,15+,18-/m0/s1. The van der Waals surface area contributed by atoms with Crippen LogP contribution in [0.4, 0.5) is 5.69 Å². The molecule has 112 valence electrons. The second kappa shape index (κ2) is 5.36. The maximum absolute atomic E-state index is 6.04. The van der Waals surface area contributed by atoms with Crippen molar-refractivity contribution in [1.29, 1.82) is 0 Å². The number of methoxy groups -OCH3 is 1. The smallest absolute Gasteiger partial charge is 0.142 e. The number of ether oxygens (including phenoxy) is 1. The fourth-order valence-corrected chi connectivity index (χ4v) is 3.89. The summed E-state index contributed by atoms with van der Waals surface area (Å²) in [4.78, 5) is 0. The quantitative estimate of drug-likeness (QED) is 0.772. The third kappa shape index (κ3) is 2.10. The maximum atomic E-state index is 6.04. The van der Waals surface area contributed by atoms with Gasteiger partial charge in [-0.25, -0.2) is 0 Å². The van der Waals surface area contributed by atoms with Crippen molar-refractivity contribution < 1.29 is 4.74 Å². The van der Waals surface area contributed by atoms with E-state index in [1.807, 2.05) is 18.2 Å². The predicted molar refractivity (Wildman–Crippen MR) is 90.8 cm³/mol. The van der Waals surface area contributed by atoms with Crippen molar-refractivity contribution in [1.82, 2.24) is 0 Å². The van der Waals surface area contributed by atoms with Gasteiger partial charge < -0.3 is 10.1 Å². The Balaban J connectivity index is 1.81. The minimum absolute atomic E-state index is 0.279. The number of halogens is 1. The molecular formula is C19H18ClNO. The lowest BCUT2D eigenvalue weighted by molar-refractivity contribution is 0.397. The fraction of sp³-hybridized carbons (Fsp3) is 0.263. The Bertz CT molecular complexity index is 723. The SMILES string of the molecule is COc1cccc2c1N[C@@H](c1ccc(Cl)cc1)[C@@H]1CC=C[C@H]21. The van der Waals surface area contributed by atoms with Gasteiger partial charge in [-0.2, -0.15) is 0 Å². The Morgan fingerprint density at radius 1 is 1.14 bits per heavy atom. The van der Waals surface area contributed by atoms with Gasteiger partial charge in [0.2, 0.25) is 0 Å². The third-order valence-corrected chi connectivity index (χ3v) is 5.06. The van der Waals surface area contributed by atoms with Crippen LogP contribution in [0.15, 0.2) is 54.6 Å². The number of anilines is 1. The molecule has 0 saturated carbocycles. The van der Waals surface area contributed by atoms with Crippen LogP contribution in [0.1, 0.15) is 29.5 Å². The molecule has 3 atom stereocenters. The highest BCUT2D eigenvalue weighted by atomic mass is 35.5. The number of allylic oxidation sites excluding steroid dienone is 2. The zero-order valence-corrected chi connectivity index (χ0v) is 13.2. The minimum atomic E-state index is 0.279. The molecule has 0 radical (unpaired) electrons. The Morgan fingerprint density at radius 2 is 1.95 bits per heavy atom. The molecule has 2 aromatic rings. The lowest BCUT2D eigenvalue weighted by atomic mass is 9.77. The minimum Gasteiger partial charge on any atom is -0.495 e. The second-order valence-electron chi connectivity index (χ2n) is 5.95. The first kappa shape index (κ1) is 13.7. The van der Waals surface area contributed by atoms with Crippen LogP contribution in [-0.4, -0.2) is 7.11 Å². The molecular weight excluding hydrogens is 294 g/mol. The summed E-state index contributed by atoms with van der Waals surface area (Å²) in [6.45, 7) is 0. The van der Waals surface area contributed by atoms with Crippen LogP contribution in [0.3, 0.4) is 0 Å². The van der Waals surface area contributed by atoms with E-state index in [1.54, 1.807) is 7.11 Å². The van der Waals surface area contributed by atoms with Gasteiger partial charge in [-0.3, -0.25) is 0 Å². The molecule has 0 unspecified atom stereocenters. The number of rotatable bonds is 2. The van der Waals surface area contributed by atoms with E-state index >= 15 is 0 Å². The van der Waals surface area contributed by atoms with Crippen molar-refractivity contribution in [2.24, 2.45) is 5.92 Å². The largest absolute Gasteiger partial charge is 0.495 e. The van der Waals surface area contributed by atoms with Gasteiger partial charge in [0.05, 0.1) is 18.8 Å². The first-order valence-electron chi connectivity index (χ1n) is 7.63. The van der Waals surface area contributed by atoms with E-state index in [9.17, 15) is 0 Å². The summed E-state index contributed by atoms with van der Waals surface area (Å²) in [5.41, 5.74) is 3.74. The second-order valence-corrected chi connectivity index (χ2v) is 6.39. The fourth-order valence-electron chi connectivity index (χ4n) is 3.76. The predicted octanol–water partition coefficient (Wildman–Crippen LogP) is 5.18. The van der Waals surface area contributed by atoms with Gasteiger partial charge in [0, 0.05) is 10.9 Å². The van der Waals surface area contributed by atoms with Gasteiger partial charge in [0.1, 0.15) is 5.75 Å². The van der Waals surface area contributed by atoms with Gasteiger partial charge in [-0.05, 0) is 41.7 Å². The summed E-state index contributed by atoms with van der Waals surface area (Å²) < 4.78 is 5.56. The molecule has 2 aliphatic rings. The van der Waals surface area contributed by atoms with Gasteiger partial charge in [0.25, 0.3) is 0 Å². The molecule has 0 amide bonds. The normalized spacial score (nSPS) is 25.3. The van der Waals surface area contributed by atoms with E-state index in [4.69, 9.17) is 16.3 Å². The highest BCUT2D eigenvalue weighted by molar-refractivity contribution is 6.30. The highest BCUT2D eigenvalue weighted by Crippen LogP contribution is 2.52. The Labute approximate surface area is 135 Å². The lowest BCUT2D eigenvalue weighted by Gasteiger charge is -2.38. The molecule has 0 fully saturated rings. The van der Waals surface area contributed by atoms with E-state index in [0.717, 1.165) is 22.9 Å². The van der Waals surface area contributed by atoms with Crippen LogP contribution in [0.25, 0.3) is 0 Å². The molecule has 1 aliphatic heterocycles. The summed E-state index contributed by atoms with van der Waals surface area (Å²) in [7, 11) is 1.73. The lowest BCUT2D eigenvalue weighted by Crippen LogP contribution is -2.29. The van der Waals surface area contributed by atoms with E-state index in [-0.39, 0.29) is 6.04 Å². The molecule has 2 nitrogen and oxygen atoms in total. The molecule has 2 aromatic carbocycles. The van der Waals surface area contributed by atoms with Crippen LogP contribution in [0.2, 0.25) is 5.02 Å². The van der Waals surface area contributed by atoms with E-state index in [1.165, 1.54) is 11.1 Å². The molecule has 0 bridgehead atoms. The van der Waals surface area contributed by atoms with Gasteiger partial charge in [-0.1, -0.05) is 48.0 Å². The van der Waals surface area contributed by atoms with Gasteiger partial charge in [0.15, 0.2) is 0 Å². The summed E-state index contributed by atoms with van der Waals surface area (Å²) in [5.74, 6) is 1.91. The topological polar surface area (TPSA) is 21.3 Å². The summed E-state index contributed by atoms with van der Waals surface area (Å²) in [6, 6.07) is 14.7. The molecule has 0 saturated heterocycles. The van der Waals surface area contributed by atoms with Crippen LogP contribution in [0, 0.1) is 5.92 Å². The zero-order valence-electron chi connectivity index (χ0n) is 12.4. The number of para-hydroxylation sites is 1. The van der Waals surface area contributed by atoms with Crippen LogP contribution in [-0.2, 0) is 0 Å². The number of hydrogen-bond acceptors (Lipinski definition) is 2. The molecule has 1 heterocycles. The van der Waals surface area contributed by atoms with E-state index < -0.39 is 0 Å². The first-order chi connectivity index (χ1) is 10.8. The molecule has 1 aliphatic carbocycles. The number of fused-ring (bicyclic) bond motifs is 3. The number of hydrogen-bond donors (Lipinski definition) is 1.